The molecular weight excluding hydrogens is 346 g/mol. The first-order valence-corrected chi connectivity index (χ1v) is 9.93. The molecule has 1 rings (SSSR count). The van der Waals surface area contributed by atoms with Crippen LogP contribution in [0.3, 0.4) is 0 Å². The molecule has 2 unspecified atom stereocenters. The Bertz CT molecular complexity index is 351. The zero-order chi connectivity index (χ0) is 18.7. The van der Waals surface area contributed by atoms with Gasteiger partial charge in [0.05, 0.1) is 25.3 Å². The quantitative estimate of drug-likeness (QED) is 0.279. The molecular formula is C18H34ClNO5. The maximum absolute atomic E-state index is 12.2. The van der Waals surface area contributed by atoms with Crippen LogP contribution in [0.15, 0.2) is 0 Å². The molecule has 7 heteroatoms. The van der Waals surface area contributed by atoms with Crippen molar-refractivity contribution in [3.8, 4) is 0 Å². The van der Waals surface area contributed by atoms with Gasteiger partial charge >= 0.3 is 0 Å². The summed E-state index contributed by atoms with van der Waals surface area (Å²) < 4.78 is 23.1. The highest BCUT2D eigenvalue weighted by Crippen LogP contribution is 2.19. The summed E-state index contributed by atoms with van der Waals surface area (Å²) in [5, 5.41) is 0. The Hall–Kier alpha value is -0.400. The highest BCUT2D eigenvalue weighted by atomic mass is 35.5. The molecule has 6 nitrogen and oxygen atoms in total. The van der Waals surface area contributed by atoms with Gasteiger partial charge in [0.25, 0.3) is 0 Å². The van der Waals surface area contributed by atoms with E-state index < -0.39 is 12.6 Å². The summed E-state index contributed by atoms with van der Waals surface area (Å²) in [5.74, 6) is -0.265. The minimum absolute atomic E-state index is 0.00959. The summed E-state index contributed by atoms with van der Waals surface area (Å²) in [5.41, 5.74) is 0. The third-order valence-corrected chi connectivity index (χ3v) is 4.43. The maximum Gasteiger partial charge on any atom is 0.237 e. The zero-order valence-corrected chi connectivity index (χ0v) is 16.8. The van der Waals surface area contributed by atoms with Crippen LogP contribution in [0.4, 0.5) is 0 Å². The average molecular weight is 380 g/mol. The second kappa shape index (κ2) is 12.9. The number of halogens is 1. The monoisotopic (exact) mass is 379 g/mol. The molecule has 0 saturated carbocycles. The number of carbonyl (C=O) groups excluding carboxylic acids is 1. The minimum atomic E-state index is -0.457. The van der Waals surface area contributed by atoms with Crippen LogP contribution in [0.25, 0.3) is 0 Å². The highest BCUT2D eigenvalue weighted by molar-refractivity contribution is 6.27. The lowest BCUT2D eigenvalue weighted by Gasteiger charge is -2.29. The van der Waals surface area contributed by atoms with Crippen LogP contribution in [0.1, 0.15) is 53.4 Å². The molecule has 0 N–H and O–H groups in total. The molecule has 0 aliphatic carbocycles. The van der Waals surface area contributed by atoms with Gasteiger partial charge in [0.1, 0.15) is 5.88 Å². The van der Waals surface area contributed by atoms with Crippen LogP contribution in [-0.4, -0.2) is 67.8 Å². The van der Waals surface area contributed by atoms with Gasteiger partial charge in [-0.2, -0.15) is 0 Å². The topological polar surface area (TPSA) is 57.2 Å². The Morgan fingerprint density at radius 3 is 2.04 bits per heavy atom. The summed E-state index contributed by atoms with van der Waals surface area (Å²) in [4.78, 5) is 13.8. The third kappa shape index (κ3) is 8.69. The number of rotatable bonds is 13. The Labute approximate surface area is 157 Å². The van der Waals surface area contributed by atoms with E-state index >= 15 is 0 Å². The Morgan fingerprint density at radius 2 is 1.60 bits per heavy atom. The van der Waals surface area contributed by atoms with Crippen molar-refractivity contribution in [2.45, 2.75) is 78.2 Å². The number of hydrogen-bond acceptors (Lipinski definition) is 5. The molecule has 1 amide bonds. The standard InChI is InChI=1S/C18H34ClNO5/c1-5-7-9-22-17(23-10-8-6-2)12-20(16(21)11-19)13-18-24-14(3)15(4)25-18/h14-15,17-18H,5-13H2,1-4H3. The fraction of sp³-hybridized carbons (Fsp3) is 0.944. The van der Waals surface area contributed by atoms with Crippen LogP contribution >= 0.6 is 11.6 Å². The second-order valence-electron chi connectivity index (χ2n) is 6.42. The van der Waals surface area contributed by atoms with Gasteiger partial charge in [-0.1, -0.05) is 26.7 Å². The number of amides is 1. The van der Waals surface area contributed by atoms with Gasteiger partial charge in [-0.15, -0.1) is 11.6 Å². The number of alkyl halides is 1. The molecule has 1 aliphatic heterocycles. The molecule has 0 bridgehead atoms. The van der Waals surface area contributed by atoms with Crippen molar-refractivity contribution in [1.29, 1.82) is 0 Å². The zero-order valence-electron chi connectivity index (χ0n) is 16.0. The molecule has 0 spiro atoms. The van der Waals surface area contributed by atoms with E-state index in [4.69, 9.17) is 30.5 Å². The van der Waals surface area contributed by atoms with Crippen molar-refractivity contribution < 1.29 is 23.7 Å². The Morgan fingerprint density at radius 1 is 1.08 bits per heavy atom. The molecule has 0 radical (unpaired) electrons. The molecule has 2 atom stereocenters. The summed E-state index contributed by atoms with van der Waals surface area (Å²) in [6, 6.07) is 0. The Kier molecular flexibility index (Phi) is 11.7. The van der Waals surface area contributed by atoms with E-state index in [-0.39, 0.29) is 24.0 Å². The predicted molar refractivity (Wildman–Crippen MR) is 97.7 cm³/mol. The maximum atomic E-state index is 12.2. The molecule has 0 aromatic rings. The third-order valence-electron chi connectivity index (χ3n) is 4.20. The number of hydrogen-bond donors (Lipinski definition) is 0. The van der Waals surface area contributed by atoms with Crippen LogP contribution in [0.5, 0.6) is 0 Å². The first-order chi connectivity index (χ1) is 12.0. The second-order valence-corrected chi connectivity index (χ2v) is 6.69. The van der Waals surface area contributed by atoms with Gasteiger partial charge < -0.3 is 23.8 Å². The normalized spacial score (nSPS) is 23.4. The first-order valence-electron chi connectivity index (χ1n) is 9.39. The number of carbonyl (C=O) groups is 1. The van der Waals surface area contributed by atoms with E-state index in [2.05, 4.69) is 13.8 Å². The van der Waals surface area contributed by atoms with Crippen molar-refractivity contribution in [3.63, 3.8) is 0 Å². The number of unbranched alkanes of at least 4 members (excludes halogenated alkanes) is 2. The van der Waals surface area contributed by atoms with E-state index in [1.54, 1.807) is 4.90 Å². The average Bonchev–Trinajstić information content (AvgIpc) is 2.91. The van der Waals surface area contributed by atoms with Crippen LogP contribution in [-0.2, 0) is 23.7 Å². The minimum Gasteiger partial charge on any atom is -0.351 e. The van der Waals surface area contributed by atoms with Crippen LogP contribution < -0.4 is 0 Å². The molecule has 148 valence electrons. The van der Waals surface area contributed by atoms with Crippen molar-refractivity contribution >= 4 is 17.5 Å². The lowest BCUT2D eigenvalue weighted by Crippen LogP contribution is -2.44. The fourth-order valence-corrected chi connectivity index (χ4v) is 2.58. The van der Waals surface area contributed by atoms with Crippen molar-refractivity contribution in [2.75, 3.05) is 32.2 Å². The number of ether oxygens (including phenoxy) is 4. The molecule has 0 aromatic carbocycles. The van der Waals surface area contributed by atoms with E-state index in [1.165, 1.54) is 0 Å². The lowest BCUT2D eigenvalue weighted by atomic mass is 10.3. The summed E-state index contributed by atoms with van der Waals surface area (Å²) >= 11 is 5.77. The van der Waals surface area contributed by atoms with Gasteiger partial charge in [-0.3, -0.25) is 4.79 Å². The number of nitrogens with zero attached hydrogens (tertiary/aromatic N) is 1. The molecule has 1 saturated heterocycles. The van der Waals surface area contributed by atoms with Crippen molar-refractivity contribution in [3.05, 3.63) is 0 Å². The van der Waals surface area contributed by atoms with Gasteiger partial charge in [-0.05, 0) is 26.7 Å². The van der Waals surface area contributed by atoms with Crippen LogP contribution in [0, 0.1) is 0 Å². The van der Waals surface area contributed by atoms with Gasteiger partial charge in [0, 0.05) is 13.2 Å². The molecule has 1 fully saturated rings. The Balaban J connectivity index is 2.61. The van der Waals surface area contributed by atoms with Gasteiger partial charge in [0.15, 0.2) is 12.6 Å². The molecule has 1 heterocycles. The smallest absolute Gasteiger partial charge is 0.237 e. The van der Waals surface area contributed by atoms with Crippen molar-refractivity contribution in [2.24, 2.45) is 0 Å². The summed E-state index contributed by atoms with van der Waals surface area (Å²) in [6.45, 7) is 10.0. The van der Waals surface area contributed by atoms with Gasteiger partial charge in [0.2, 0.25) is 5.91 Å². The van der Waals surface area contributed by atoms with Crippen LogP contribution in [0.2, 0.25) is 0 Å². The van der Waals surface area contributed by atoms with E-state index in [1.807, 2.05) is 13.8 Å². The van der Waals surface area contributed by atoms with E-state index in [9.17, 15) is 4.79 Å². The summed E-state index contributed by atoms with van der Waals surface area (Å²) in [6.07, 6.45) is 3.13. The largest absolute Gasteiger partial charge is 0.351 e. The lowest BCUT2D eigenvalue weighted by molar-refractivity contribution is -0.170. The molecule has 1 aliphatic rings. The predicted octanol–water partition coefficient (Wildman–Crippen LogP) is 3.16. The fourth-order valence-electron chi connectivity index (χ4n) is 2.41. The van der Waals surface area contributed by atoms with E-state index in [0.29, 0.717) is 26.3 Å². The molecule has 25 heavy (non-hydrogen) atoms. The van der Waals surface area contributed by atoms with Crippen molar-refractivity contribution in [1.82, 2.24) is 4.90 Å². The summed E-state index contributed by atoms with van der Waals surface area (Å²) in [7, 11) is 0. The SMILES string of the molecule is CCCCOC(CN(CC1OC(C)C(C)O1)C(=O)CCl)OCCCC. The first kappa shape index (κ1) is 22.6. The van der Waals surface area contributed by atoms with E-state index in [0.717, 1.165) is 25.7 Å². The van der Waals surface area contributed by atoms with Gasteiger partial charge in [-0.25, -0.2) is 0 Å². The molecule has 0 aromatic heterocycles. The highest BCUT2D eigenvalue weighted by Gasteiger charge is 2.32.